The van der Waals surface area contributed by atoms with E-state index >= 15 is 0 Å². The molecule has 132 valence electrons. The standard InChI is InChI=1S/C18H20ClN3O2S/c19-13-3-1-2-12(10-13)16-20-17(24-21-16)14-11-18(14)5-7-22(8-6-18)15(23)4-9-25/h1-3,10,14,25H,4-9,11H2. The Kier molecular flexibility index (Phi) is 4.50. The maximum absolute atomic E-state index is 12.0. The van der Waals surface area contributed by atoms with E-state index in [1.165, 1.54) is 0 Å². The molecule has 1 spiro atoms. The number of carbonyl (C=O) groups is 1. The number of rotatable bonds is 4. The lowest BCUT2D eigenvalue weighted by Gasteiger charge is -2.32. The van der Waals surface area contributed by atoms with Gasteiger partial charge in [-0.1, -0.05) is 28.9 Å². The highest BCUT2D eigenvalue weighted by molar-refractivity contribution is 7.80. The number of likely N-dealkylation sites (tertiary alicyclic amines) is 1. The zero-order valence-corrected chi connectivity index (χ0v) is 15.5. The third-order valence-corrected chi connectivity index (χ3v) is 5.91. The average Bonchev–Trinajstić information content (AvgIpc) is 3.08. The average molecular weight is 378 g/mol. The molecule has 1 aromatic carbocycles. The van der Waals surface area contributed by atoms with E-state index in [0.717, 1.165) is 37.9 Å². The van der Waals surface area contributed by atoms with E-state index in [9.17, 15) is 4.79 Å². The highest BCUT2D eigenvalue weighted by Crippen LogP contribution is 2.64. The Labute approximate surface area is 157 Å². The Balaban J connectivity index is 1.42. The van der Waals surface area contributed by atoms with Crippen molar-refractivity contribution in [1.82, 2.24) is 15.0 Å². The van der Waals surface area contributed by atoms with Gasteiger partial charge in [0.15, 0.2) is 0 Å². The van der Waals surface area contributed by atoms with E-state index < -0.39 is 0 Å². The van der Waals surface area contributed by atoms with Crippen LogP contribution in [0.25, 0.3) is 11.4 Å². The maximum Gasteiger partial charge on any atom is 0.230 e. The summed E-state index contributed by atoms with van der Waals surface area (Å²) in [6, 6.07) is 7.47. The molecule has 5 nitrogen and oxygen atoms in total. The normalized spacial score (nSPS) is 21.5. The number of aromatic nitrogens is 2. The van der Waals surface area contributed by atoms with E-state index in [0.29, 0.717) is 34.8 Å². The predicted octanol–water partition coefficient (Wildman–Crippen LogP) is 3.81. The van der Waals surface area contributed by atoms with Crippen LogP contribution in [0.5, 0.6) is 0 Å². The minimum absolute atomic E-state index is 0.211. The minimum atomic E-state index is 0.211. The second-order valence-electron chi connectivity index (χ2n) is 6.94. The number of hydrogen-bond acceptors (Lipinski definition) is 5. The van der Waals surface area contributed by atoms with Gasteiger partial charge in [0.2, 0.25) is 17.6 Å². The van der Waals surface area contributed by atoms with Crippen molar-refractivity contribution in [3.05, 3.63) is 35.2 Å². The second kappa shape index (κ2) is 6.65. The highest BCUT2D eigenvalue weighted by atomic mass is 35.5. The molecule has 1 aromatic heterocycles. The molecule has 1 saturated carbocycles. The zero-order valence-electron chi connectivity index (χ0n) is 13.8. The van der Waals surface area contributed by atoms with Crippen LogP contribution >= 0.6 is 24.2 Å². The van der Waals surface area contributed by atoms with Crippen molar-refractivity contribution < 1.29 is 9.32 Å². The van der Waals surface area contributed by atoms with Crippen molar-refractivity contribution in [1.29, 1.82) is 0 Å². The van der Waals surface area contributed by atoms with Crippen molar-refractivity contribution in [2.75, 3.05) is 18.8 Å². The quantitative estimate of drug-likeness (QED) is 0.823. The molecular weight excluding hydrogens is 358 g/mol. The molecule has 1 atom stereocenters. The SMILES string of the molecule is O=C(CCS)N1CCC2(CC1)CC2c1nc(-c2cccc(Cl)c2)no1. The lowest BCUT2D eigenvalue weighted by atomic mass is 9.90. The molecule has 0 bridgehead atoms. The second-order valence-corrected chi connectivity index (χ2v) is 7.82. The van der Waals surface area contributed by atoms with E-state index in [4.69, 9.17) is 16.1 Å². The summed E-state index contributed by atoms with van der Waals surface area (Å²) in [7, 11) is 0. The summed E-state index contributed by atoms with van der Waals surface area (Å²) >= 11 is 10.2. The number of piperidine rings is 1. The summed E-state index contributed by atoms with van der Waals surface area (Å²) in [6.07, 6.45) is 3.60. The zero-order chi connectivity index (χ0) is 17.4. The molecule has 4 rings (SSSR count). The summed E-state index contributed by atoms with van der Waals surface area (Å²) in [5, 5.41) is 4.77. The molecule has 2 heterocycles. The number of halogens is 1. The predicted molar refractivity (Wildman–Crippen MR) is 98.8 cm³/mol. The molecule has 1 aliphatic carbocycles. The van der Waals surface area contributed by atoms with Gasteiger partial charge in [0.1, 0.15) is 0 Å². The first kappa shape index (κ1) is 16.9. The van der Waals surface area contributed by atoms with Gasteiger partial charge in [0.05, 0.1) is 0 Å². The van der Waals surface area contributed by atoms with Crippen LogP contribution in [0.4, 0.5) is 0 Å². The van der Waals surface area contributed by atoms with Crippen molar-refractivity contribution in [2.24, 2.45) is 5.41 Å². The molecular formula is C18H20ClN3O2S. The van der Waals surface area contributed by atoms with Gasteiger partial charge in [0, 0.05) is 36.0 Å². The largest absolute Gasteiger partial charge is 0.343 e. The molecule has 2 fully saturated rings. The third kappa shape index (κ3) is 3.29. The molecule has 7 heteroatoms. The van der Waals surface area contributed by atoms with Gasteiger partial charge in [-0.05, 0) is 42.6 Å². The van der Waals surface area contributed by atoms with Gasteiger partial charge in [-0.3, -0.25) is 4.79 Å². The van der Waals surface area contributed by atoms with Crippen LogP contribution in [-0.2, 0) is 4.79 Å². The highest BCUT2D eigenvalue weighted by Gasteiger charge is 2.58. The summed E-state index contributed by atoms with van der Waals surface area (Å²) in [4.78, 5) is 18.5. The minimum Gasteiger partial charge on any atom is -0.343 e. The van der Waals surface area contributed by atoms with Gasteiger partial charge in [0.25, 0.3) is 0 Å². The Morgan fingerprint density at radius 3 is 2.92 bits per heavy atom. The monoisotopic (exact) mass is 377 g/mol. The number of carbonyl (C=O) groups excluding carboxylic acids is 1. The topological polar surface area (TPSA) is 59.2 Å². The molecule has 1 aliphatic heterocycles. The van der Waals surface area contributed by atoms with Gasteiger partial charge >= 0.3 is 0 Å². The molecule has 0 N–H and O–H groups in total. The fourth-order valence-electron chi connectivity index (χ4n) is 3.83. The fourth-order valence-corrected chi connectivity index (χ4v) is 4.21. The van der Waals surface area contributed by atoms with Crippen LogP contribution < -0.4 is 0 Å². The summed E-state index contributed by atoms with van der Waals surface area (Å²) in [5.41, 5.74) is 1.10. The van der Waals surface area contributed by atoms with Crippen LogP contribution in [-0.4, -0.2) is 39.8 Å². The van der Waals surface area contributed by atoms with Crippen molar-refractivity contribution in [3.8, 4) is 11.4 Å². The Hall–Kier alpha value is -1.53. The Morgan fingerprint density at radius 1 is 1.40 bits per heavy atom. The van der Waals surface area contributed by atoms with E-state index in [-0.39, 0.29) is 11.3 Å². The van der Waals surface area contributed by atoms with Crippen molar-refractivity contribution in [3.63, 3.8) is 0 Å². The van der Waals surface area contributed by atoms with Crippen LogP contribution in [0.1, 0.15) is 37.5 Å². The Bertz CT molecular complexity index is 786. The van der Waals surface area contributed by atoms with E-state index in [1.54, 1.807) is 0 Å². The first-order valence-corrected chi connectivity index (χ1v) is 9.60. The molecule has 1 amide bonds. The number of hydrogen-bond donors (Lipinski definition) is 1. The summed E-state index contributed by atoms with van der Waals surface area (Å²) < 4.78 is 5.53. The number of amides is 1. The summed E-state index contributed by atoms with van der Waals surface area (Å²) in [6.45, 7) is 1.64. The maximum atomic E-state index is 12.0. The van der Waals surface area contributed by atoms with Gasteiger partial charge < -0.3 is 9.42 Å². The van der Waals surface area contributed by atoms with Crippen molar-refractivity contribution >= 4 is 30.1 Å². The van der Waals surface area contributed by atoms with E-state index in [1.807, 2.05) is 29.2 Å². The third-order valence-electron chi connectivity index (χ3n) is 5.45. The van der Waals surface area contributed by atoms with Crippen LogP contribution in [0.2, 0.25) is 5.02 Å². The van der Waals surface area contributed by atoms with Gasteiger partial charge in [-0.25, -0.2) is 0 Å². The number of thiol groups is 1. The lowest BCUT2D eigenvalue weighted by Crippen LogP contribution is -2.39. The molecule has 0 radical (unpaired) electrons. The Morgan fingerprint density at radius 2 is 2.20 bits per heavy atom. The first-order valence-electron chi connectivity index (χ1n) is 8.59. The molecule has 2 aromatic rings. The molecule has 25 heavy (non-hydrogen) atoms. The van der Waals surface area contributed by atoms with Crippen molar-refractivity contribution in [2.45, 2.75) is 31.6 Å². The van der Waals surface area contributed by atoms with Gasteiger partial charge in [-0.15, -0.1) is 0 Å². The van der Waals surface area contributed by atoms with E-state index in [2.05, 4.69) is 22.8 Å². The number of benzene rings is 1. The molecule has 1 saturated heterocycles. The molecule has 2 aliphatic rings. The summed E-state index contributed by atoms with van der Waals surface area (Å²) in [5.74, 6) is 2.43. The van der Waals surface area contributed by atoms with Crippen LogP contribution in [0.3, 0.4) is 0 Å². The fraction of sp³-hybridized carbons (Fsp3) is 0.500. The van der Waals surface area contributed by atoms with Crippen LogP contribution in [0, 0.1) is 5.41 Å². The van der Waals surface area contributed by atoms with Crippen LogP contribution in [0.15, 0.2) is 28.8 Å². The smallest absolute Gasteiger partial charge is 0.230 e. The molecule has 1 unspecified atom stereocenters. The lowest BCUT2D eigenvalue weighted by molar-refractivity contribution is -0.132. The van der Waals surface area contributed by atoms with Gasteiger partial charge in [-0.2, -0.15) is 17.6 Å². The first-order chi connectivity index (χ1) is 12.1. The number of nitrogens with zero attached hydrogens (tertiary/aromatic N) is 3.